The van der Waals surface area contributed by atoms with Crippen LogP contribution in [0.1, 0.15) is 11.1 Å². The number of aromatic nitrogens is 2. The highest BCUT2D eigenvalue weighted by Crippen LogP contribution is 2.29. The maximum atomic E-state index is 13.2. The average Bonchev–Trinajstić information content (AvgIpc) is 2.54. The molecule has 5 nitrogen and oxygen atoms in total. The molecule has 0 atom stereocenters. The van der Waals surface area contributed by atoms with E-state index in [1.807, 2.05) is 37.3 Å². The number of rotatable bonds is 2. The number of nitriles is 1. The minimum Gasteiger partial charge on any atom is -0.382 e. The van der Waals surface area contributed by atoms with Crippen molar-refractivity contribution in [3.8, 4) is 28.5 Å². The molecule has 0 spiro atoms. The third-order valence-corrected chi connectivity index (χ3v) is 3.72. The number of hydrogen-bond acceptors (Lipinski definition) is 5. The molecule has 3 aromatic rings. The quantitative estimate of drug-likeness (QED) is 0.754. The lowest BCUT2D eigenvalue weighted by atomic mass is 9.98. The molecule has 0 unspecified atom stereocenters. The SMILES string of the molecule is Cc1cc(F)ccc1-c1ccc(-c2nc(N)nc(N)c2C#N)cc1. The van der Waals surface area contributed by atoms with Crippen molar-refractivity contribution in [3.63, 3.8) is 0 Å². The number of anilines is 2. The number of halogens is 1. The van der Waals surface area contributed by atoms with E-state index in [1.54, 1.807) is 6.07 Å². The van der Waals surface area contributed by atoms with Crippen molar-refractivity contribution in [2.45, 2.75) is 6.92 Å². The van der Waals surface area contributed by atoms with Crippen molar-refractivity contribution in [1.82, 2.24) is 9.97 Å². The number of nitrogens with two attached hydrogens (primary N) is 2. The van der Waals surface area contributed by atoms with Crippen LogP contribution in [-0.2, 0) is 0 Å². The van der Waals surface area contributed by atoms with Gasteiger partial charge in [0.1, 0.15) is 23.3 Å². The molecule has 0 aliphatic carbocycles. The van der Waals surface area contributed by atoms with E-state index in [0.29, 0.717) is 11.3 Å². The predicted molar refractivity (Wildman–Crippen MR) is 91.1 cm³/mol. The summed E-state index contributed by atoms with van der Waals surface area (Å²) in [6, 6.07) is 14.1. The molecule has 4 N–H and O–H groups in total. The zero-order valence-electron chi connectivity index (χ0n) is 12.9. The lowest BCUT2D eigenvalue weighted by Crippen LogP contribution is -2.04. The van der Waals surface area contributed by atoms with E-state index >= 15 is 0 Å². The van der Waals surface area contributed by atoms with E-state index < -0.39 is 0 Å². The normalized spacial score (nSPS) is 10.4. The molecule has 24 heavy (non-hydrogen) atoms. The van der Waals surface area contributed by atoms with E-state index in [2.05, 4.69) is 9.97 Å². The summed E-state index contributed by atoms with van der Waals surface area (Å²) in [5.74, 6) is -0.197. The molecule has 0 aliphatic heterocycles. The Kier molecular flexibility index (Phi) is 3.84. The van der Waals surface area contributed by atoms with Crippen molar-refractivity contribution in [2.75, 3.05) is 11.5 Å². The zero-order valence-corrected chi connectivity index (χ0v) is 12.9. The predicted octanol–water partition coefficient (Wildman–Crippen LogP) is 3.29. The standard InChI is InChI=1S/C18H14FN5/c1-10-8-13(19)6-7-14(10)11-2-4-12(5-3-11)16-15(9-20)17(21)24-18(22)23-16/h2-8H,1H3,(H4,21,22,23,24). The Balaban J connectivity index is 2.06. The van der Waals surface area contributed by atoms with Crippen LogP contribution in [0.4, 0.5) is 16.2 Å². The van der Waals surface area contributed by atoms with Crippen LogP contribution >= 0.6 is 0 Å². The minimum absolute atomic E-state index is 0.0138. The van der Waals surface area contributed by atoms with E-state index in [9.17, 15) is 9.65 Å². The van der Waals surface area contributed by atoms with Crippen LogP contribution in [0.15, 0.2) is 42.5 Å². The molecule has 0 amide bonds. The van der Waals surface area contributed by atoms with Gasteiger partial charge in [0.2, 0.25) is 5.95 Å². The Morgan fingerprint density at radius 2 is 1.67 bits per heavy atom. The van der Waals surface area contributed by atoms with Crippen molar-refractivity contribution in [2.24, 2.45) is 0 Å². The fourth-order valence-corrected chi connectivity index (χ4v) is 2.57. The Hall–Kier alpha value is -3.46. The molecular formula is C18H14FN5. The number of aryl methyl sites for hydroxylation is 1. The summed E-state index contributed by atoms with van der Waals surface area (Å²) in [6.07, 6.45) is 0. The zero-order chi connectivity index (χ0) is 17.3. The molecule has 1 heterocycles. The van der Waals surface area contributed by atoms with Gasteiger partial charge in [0, 0.05) is 5.56 Å². The molecule has 0 saturated heterocycles. The Labute approximate surface area is 138 Å². The molecule has 3 rings (SSSR count). The Morgan fingerprint density at radius 3 is 2.29 bits per heavy atom. The molecule has 0 aliphatic rings. The average molecular weight is 319 g/mol. The molecular weight excluding hydrogens is 305 g/mol. The highest BCUT2D eigenvalue weighted by molar-refractivity contribution is 5.76. The summed E-state index contributed by atoms with van der Waals surface area (Å²) < 4.78 is 13.2. The van der Waals surface area contributed by atoms with Gasteiger partial charge in [0.25, 0.3) is 0 Å². The third kappa shape index (κ3) is 2.75. The van der Waals surface area contributed by atoms with E-state index in [1.165, 1.54) is 12.1 Å². The third-order valence-electron chi connectivity index (χ3n) is 3.72. The molecule has 0 fully saturated rings. The second-order valence-corrected chi connectivity index (χ2v) is 5.34. The van der Waals surface area contributed by atoms with Crippen LogP contribution in [-0.4, -0.2) is 9.97 Å². The topological polar surface area (TPSA) is 102 Å². The summed E-state index contributed by atoms with van der Waals surface area (Å²) in [5, 5.41) is 9.26. The van der Waals surface area contributed by atoms with Crippen molar-refractivity contribution in [1.29, 1.82) is 5.26 Å². The molecule has 2 aromatic carbocycles. The minimum atomic E-state index is -0.265. The van der Waals surface area contributed by atoms with Gasteiger partial charge in [0.15, 0.2) is 0 Å². The lowest BCUT2D eigenvalue weighted by Gasteiger charge is -2.09. The van der Waals surface area contributed by atoms with Crippen molar-refractivity contribution >= 4 is 11.8 Å². The number of hydrogen-bond donors (Lipinski definition) is 2. The maximum Gasteiger partial charge on any atom is 0.222 e. The maximum absolute atomic E-state index is 13.2. The van der Waals surface area contributed by atoms with Gasteiger partial charge >= 0.3 is 0 Å². The lowest BCUT2D eigenvalue weighted by molar-refractivity contribution is 0.627. The van der Waals surface area contributed by atoms with E-state index in [0.717, 1.165) is 16.7 Å². The van der Waals surface area contributed by atoms with Crippen molar-refractivity contribution < 1.29 is 4.39 Å². The number of benzene rings is 2. The summed E-state index contributed by atoms with van der Waals surface area (Å²) in [7, 11) is 0. The van der Waals surface area contributed by atoms with Gasteiger partial charge in [-0.05, 0) is 35.7 Å². The van der Waals surface area contributed by atoms with Gasteiger partial charge in [0.05, 0.1) is 5.69 Å². The smallest absolute Gasteiger partial charge is 0.222 e. The Bertz CT molecular complexity index is 958. The van der Waals surface area contributed by atoms with Gasteiger partial charge in [-0.2, -0.15) is 10.2 Å². The summed E-state index contributed by atoms with van der Waals surface area (Å²) in [4.78, 5) is 7.92. The van der Waals surface area contributed by atoms with Gasteiger partial charge in [-0.25, -0.2) is 9.37 Å². The van der Waals surface area contributed by atoms with Crippen LogP contribution in [0, 0.1) is 24.1 Å². The van der Waals surface area contributed by atoms with Gasteiger partial charge in [-0.1, -0.05) is 30.3 Å². The molecule has 0 saturated carbocycles. The second-order valence-electron chi connectivity index (χ2n) is 5.34. The summed E-state index contributed by atoms with van der Waals surface area (Å²) in [5.41, 5.74) is 15.4. The highest BCUT2D eigenvalue weighted by atomic mass is 19.1. The van der Waals surface area contributed by atoms with E-state index in [-0.39, 0.29) is 23.1 Å². The molecule has 0 bridgehead atoms. The first-order valence-electron chi connectivity index (χ1n) is 7.19. The second kappa shape index (κ2) is 5.97. The van der Waals surface area contributed by atoms with Crippen molar-refractivity contribution in [3.05, 3.63) is 59.4 Å². The fourth-order valence-electron chi connectivity index (χ4n) is 2.57. The number of nitrogen functional groups attached to an aromatic ring is 2. The molecule has 1 aromatic heterocycles. The van der Waals surface area contributed by atoms with Crippen LogP contribution in [0.2, 0.25) is 0 Å². The Morgan fingerprint density at radius 1 is 1.00 bits per heavy atom. The van der Waals surface area contributed by atoms with Crippen LogP contribution < -0.4 is 11.5 Å². The first kappa shape index (κ1) is 15.4. The van der Waals surface area contributed by atoms with Crippen LogP contribution in [0.25, 0.3) is 22.4 Å². The number of nitrogens with zero attached hydrogens (tertiary/aromatic N) is 3. The van der Waals surface area contributed by atoms with Gasteiger partial charge in [-0.15, -0.1) is 0 Å². The van der Waals surface area contributed by atoms with Gasteiger partial charge in [-0.3, -0.25) is 0 Å². The van der Waals surface area contributed by atoms with E-state index in [4.69, 9.17) is 11.5 Å². The molecule has 0 radical (unpaired) electrons. The summed E-state index contributed by atoms with van der Waals surface area (Å²) in [6.45, 7) is 1.85. The first-order chi connectivity index (χ1) is 11.5. The first-order valence-corrected chi connectivity index (χ1v) is 7.19. The highest BCUT2D eigenvalue weighted by Gasteiger charge is 2.13. The monoisotopic (exact) mass is 319 g/mol. The van der Waals surface area contributed by atoms with Crippen LogP contribution in [0.5, 0.6) is 0 Å². The molecule has 118 valence electrons. The largest absolute Gasteiger partial charge is 0.382 e. The molecule has 6 heteroatoms. The van der Waals surface area contributed by atoms with Gasteiger partial charge < -0.3 is 11.5 Å². The summed E-state index contributed by atoms with van der Waals surface area (Å²) >= 11 is 0. The van der Waals surface area contributed by atoms with Crippen LogP contribution in [0.3, 0.4) is 0 Å². The fraction of sp³-hybridized carbons (Fsp3) is 0.0556.